The molecule has 5 nitrogen and oxygen atoms in total. The first-order valence-electron chi connectivity index (χ1n) is 7.86. The summed E-state index contributed by atoms with van der Waals surface area (Å²) in [5, 5.41) is 12.1. The molecular formula is C18H18F2N2O3. The number of rotatable bonds is 5. The van der Waals surface area contributed by atoms with Gasteiger partial charge < -0.3 is 20.1 Å². The van der Waals surface area contributed by atoms with E-state index in [1.165, 1.54) is 19.2 Å². The van der Waals surface area contributed by atoms with Crippen molar-refractivity contribution in [2.75, 3.05) is 12.4 Å². The molecule has 0 atom stereocenters. The highest BCUT2D eigenvalue weighted by Crippen LogP contribution is 2.32. The zero-order valence-corrected chi connectivity index (χ0v) is 13.6. The Kier molecular flexibility index (Phi) is 4.74. The van der Waals surface area contributed by atoms with E-state index in [-0.39, 0.29) is 24.0 Å². The first-order chi connectivity index (χ1) is 12.0. The number of benzene rings is 2. The number of amides is 2. The van der Waals surface area contributed by atoms with E-state index >= 15 is 0 Å². The van der Waals surface area contributed by atoms with E-state index in [9.17, 15) is 18.7 Å². The van der Waals surface area contributed by atoms with Crippen LogP contribution in [0.4, 0.5) is 19.3 Å². The Morgan fingerprint density at radius 3 is 2.68 bits per heavy atom. The number of urea groups is 1. The van der Waals surface area contributed by atoms with Crippen molar-refractivity contribution in [2.24, 2.45) is 0 Å². The number of ether oxygens (including phenoxy) is 1. The number of methoxy groups -OCH3 is 1. The minimum atomic E-state index is -0.824. The first-order valence-corrected chi connectivity index (χ1v) is 7.86. The van der Waals surface area contributed by atoms with Crippen molar-refractivity contribution < 1.29 is 23.4 Å². The summed E-state index contributed by atoms with van der Waals surface area (Å²) in [5.74, 6) is -1.19. The Morgan fingerprint density at radius 1 is 1.28 bits per heavy atom. The van der Waals surface area contributed by atoms with Crippen LogP contribution in [0.15, 0.2) is 36.4 Å². The summed E-state index contributed by atoms with van der Waals surface area (Å²) in [7, 11) is 1.45. The molecular weight excluding hydrogens is 330 g/mol. The molecule has 0 heterocycles. The molecule has 2 aromatic carbocycles. The molecule has 3 rings (SSSR count). The maximum atomic E-state index is 13.7. The average molecular weight is 348 g/mol. The van der Waals surface area contributed by atoms with Crippen molar-refractivity contribution in [3.05, 3.63) is 53.6 Å². The molecule has 2 aromatic rings. The van der Waals surface area contributed by atoms with E-state index in [4.69, 9.17) is 4.74 Å². The van der Waals surface area contributed by atoms with Crippen LogP contribution in [0.3, 0.4) is 0 Å². The molecule has 0 unspecified atom stereocenters. The molecule has 0 aromatic heterocycles. The van der Waals surface area contributed by atoms with Crippen LogP contribution in [-0.4, -0.2) is 29.2 Å². The van der Waals surface area contributed by atoms with E-state index in [0.717, 1.165) is 30.5 Å². The molecule has 7 heteroatoms. The summed E-state index contributed by atoms with van der Waals surface area (Å²) < 4.78 is 31.8. The highest BCUT2D eigenvalue weighted by molar-refractivity contribution is 5.89. The molecule has 25 heavy (non-hydrogen) atoms. The number of aromatic hydroxyl groups is 1. The van der Waals surface area contributed by atoms with Gasteiger partial charge in [0, 0.05) is 18.7 Å². The van der Waals surface area contributed by atoms with Gasteiger partial charge in [-0.25, -0.2) is 13.6 Å². The third-order valence-corrected chi connectivity index (χ3v) is 4.02. The van der Waals surface area contributed by atoms with Crippen LogP contribution in [-0.2, 0) is 6.54 Å². The zero-order valence-electron chi connectivity index (χ0n) is 13.6. The van der Waals surface area contributed by atoms with Gasteiger partial charge in [0.25, 0.3) is 0 Å². The molecule has 0 radical (unpaired) electrons. The zero-order chi connectivity index (χ0) is 18.0. The van der Waals surface area contributed by atoms with Crippen molar-refractivity contribution in [1.82, 2.24) is 4.90 Å². The molecule has 132 valence electrons. The normalized spacial score (nSPS) is 13.4. The SMILES string of the molecule is COc1cc(CN(C(=O)Nc2ccc(F)cc2F)C2CC2)ccc1O. The van der Waals surface area contributed by atoms with Gasteiger partial charge in [-0.2, -0.15) is 0 Å². The predicted octanol–water partition coefficient (Wildman–Crippen LogP) is 3.88. The van der Waals surface area contributed by atoms with E-state index in [1.807, 2.05) is 0 Å². The number of hydrogen-bond donors (Lipinski definition) is 2. The van der Waals surface area contributed by atoms with Crippen LogP contribution in [0, 0.1) is 11.6 Å². The number of carbonyl (C=O) groups is 1. The van der Waals surface area contributed by atoms with E-state index in [2.05, 4.69) is 5.32 Å². The second kappa shape index (κ2) is 6.96. The molecule has 0 spiro atoms. The third-order valence-electron chi connectivity index (χ3n) is 4.02. The largest absolute Gasteiger partial charge is 0.504 e. The van der Waals surface area contributed by atoms with Crippen LogP contribution in [0.1, 0.15) is 18.4 Å². The van der Waals surface area contributed by atoms with Gasteiger partial charge in [0.15, 0.2) is 11.5 Å². The van der Waals surface area contributed by atoms with Crippen molar-refractivity contribution >= 4 is 11.7 Å². The standard InChI is InChI=1S/C18H18F2N2O3/c1-25-17-8-11(2-7-16(17)23)10-22(13-4-5-13)18(24)21-15-6-3-12(19)9-14(15)20/h2-3,6-9,13,23H,4-5,10H2,1H3,(H,21,24). The van der Waals surface area contributed by atoms with Gasteiger partial charge in [-0.1, -0.05) is 6.07 Å². The molecule has 1 fully saturated rings. The number of halogens is 2. The predicted molar refractivity (Wildman–Crippen MR) is 88.6 cm³/mol. The van der Waals surface area contributed by atoms with Crippen LogP contribution in [0.5, 0.6) is 11.5 Å². The van der Waals surface area contributed by atoms with Crippen molar-refractivity contribution in [1.29, 1.82) is 0 Å². The number of carbonyl (C=O) groups excluding carboxylic acids is 1. The summed E-state index contributed by atoms with van der Waals surface area (Å²) in [6, 6.07) is 7.46. The van der Waals surface area contributed by atoms with Gasteiger partial charge in [0.1, 0.15) is 11.6 Å². The Balaban J connectivity index is 1.75. The Labute approximate surface area is 143 Å². The lowest BCUT2D eigenvalue weighted by Crippen LogP contribution is -2.36. The second-order valence-electron chi connectivity index (χ2n) is 5.92. The van der Waals surface area contributed by atoms with Gasteiger partial charge in [0.05, 0.1) is 12.8 Å². The highest BCUT2D eigenvalue weighted by atomic mass is 19.1. The fraction of sp³-hybridized carbons (Fsp3) is 0.278. The first kappa shape index (κ1) is 17.0. The number of anilines is 1. The van der Waals surface area contributed by atoms with E-state index in [1.54, 1.807) is 17.0 Å². The van der Waals surface area contributed by atoms with Crippen LogP contribution < -0.4 is 10.1 Å². The molecule has 2 amide bonds. The topological polar surface area (TPSA) is 61.8 Å². The lowest BCUT2D eigenvalue weighted by molar-refractivity contribution is 0.206. The maximum Gasteiger partial charge on any atom is 0.322 e. The fourth-order valence-corrected chi connectivity index (χ4v) is 2.55. The lowest BCUT2D eigenvalue weighted by atomic mass is 10.2. The van der Waals surface area contributed by atoms with Crippen molar-refractivity contribution in [3.63, 3.8) is 0 Å². The lowest BCUT2D eigenvalue weighted by Gasteiger charge is -2.23. The molecule has 2 N–H and O–H groups in total. The molecule has 0 saturated heterocycles. The van der Waals surface area contributed by atoms with Crippen LogP contribution in [0.2, 0.25) is 0 Å². The van der Waals surface area contributed by atoms with Crippen LogP contribution >= 0.6 is 0 Å². The van der Waals surface area contributed by atoms with Crippen LogP contribution in [0.25, 0.3) is 0 Å². The smallest absolute Gasteiger partial charge is 0.322 e. The number of hydrogen-bond acceptors (Lipinski definition) is 3. The van der Waals surface area contributed by atoms with Crippen molar-refractivity contribution in [2.45, 2.75) is 25.4 Å². The molecule has 0 bridgehead atoms. The molecule has 1 aliphatic carbocycles. The molecule has 1 saturated carbocycles. The number of nitrogens with one attached hydrogen (secondary N) is 1. The van der Waals surface area contributed by atoms with Gasteiger partial charge in [-0.3, -0.25) is 0 Å². The van der Waals surface area contributed by atoms with E-state index in [0.29, 0.717) is 5.75 Å². The minimum Gasteiger partial charge on any atom is -0.504 e. The van der Waals surface area contributed by atoms with Gasteiger partial charge in [0.2, 0.25) is 0 Å². The van der Waals surface area contributed by atoms with E-state index < -0.39 is 17.7 Å². The van der Waals surface area contributed by atoms with Crippen molar-refractivity contribution in [3.8, 4) is 11.5 Å². The molecule has 0 aliphatic heterocycles. The average Bonchev–Trinajstić information content (AvgIpc) is 3.41. The number of phenolic OH excluding ortho intramolecular Hbond substituents is 1. The minimum absolute atomic E-state index is 0.0158. The summed E-state index contributed by atoms with van der Waals surface area (Å²) in [6.07, 6.45) is 1.74. The quantitative estimate of drug-likeness (QED) is 0.862. The Hall–Kier alpha value is -2.83. The third kappa shape index (κ3) is 3.99. The highest BCUT2D eigenvalue weighted by Gasteiger charge is 2.33. The summed E-state index contributed by atoms with van der Waals surface area (Å²) >= 11 is 0. The number of phenols is 1. The summed E-state index contributed by atoms with van der Waals surface area (Å²) in [5.41, 5.74) is 0.705. The summed E-state index contributed by atoms with van der Waals surface area (Å²) in [4.78, 5) is 14.1. The second-order valence-corrected chi connectivity index (χ2v) is 5.92. The van der Waals surface area contributed by atoms with Gasteiger partial charge >= 0.3 is 6.03 Å². The Bertz CT molecular complexity index is 794. The summed E-state index contributed by atoms with van der Waals surface area (Å²) in [6.45, 7) is 0.288. The fourth-order valence-electron chi connectivity index (χ4n) is 2.55. The Morgan fingerprint density at radius 2 is 2.04 bits per heavy atom. The number of nitrogens with zero attached hydrogens (tertiary/aromatic N) is 1. The van der Waals surface area contributed by atoms with Gasteiger partial charge in [-0.05, 0) is 42.7 Å². The maximum absolute atomic E-state index is 13.7. The van der Waals surface area contributed by atoms with Gasteiger partial charge in [-0.15, -0.1) is 0 Å². The molecule has 1 aliphatic rings. The monoisotopic (exact) mass is 348 g/mol.